The van der Waals surface area contributed by atoms with E-state index in [1.54, 1.807) is 13.3 Å². The van der Waals surface area contributed by atoms with Crippen LogP contribution in [0.5, 0.6) is 6.01 Å². The Bertz CT molecular complexity index is 759. The predicted molar refractivity (Wildman–Crippen MR) is 111 cm³/mol. The number of rotatable bonds is 8. The number of pyridine rings is 1. The fraction of sp³-hybridized carbons (Fsp3) is 0.545. The number of hydrogen-bond donors (Lipinski definition) is 1. The molecular weight excluding hydrogens is 366 g/mol. The summed E-state index contributed by atoms with van der Waals surface area (Å²) in [5.74, 6) is 0.825. The molecule has 0 aliphatic carbocycles. The zero-order valence-corrected chi connectivity index (χ0v) is 17.5. The molecule has 2 aromatic heterocycles. The molecule has 1 saturated heterocycles. The lowest BCUT2D eigenvalue weighted by atomic mass is 9.87. The van der Waals surface area contributed by atoms with E-state index in [-0.39, 0.29) is 11.9 Å². The Hall–Kier alpha value is -2.54. The van der Waals surface area contributed by atoms with Gasteiger partial charge in [-0.1, -0.05) is 19.9 Å². The maximum atomic E-state index is 12.5. The average Bonchev–Trinajstić information content (AvgIpc) is 2.73. The summed E-state index contributed by atoms with van der Waals surface area (Å²) in [6.07, 6.45) is 8.01. The molecule has 0 unspecified atom stereocenters. The van der Waals surface area contributed by atoms with Crippen LogP contribution in [0.4, 0.5) is 0 Å². The summed E-state index contributed by atoms with van der Waals surface area (Å²) in [7, 11) is 1.57. The third-order valence-electron chi connectivity index (χ3n) is 5.29. The van der Waals surface area contributed by atoms with Gasteiger partial charge >= 0.3 is 6.01 Å². The van der Waals surface area contributed by atoms with Crippen LogP contribution in [0.1, 0.15) is 50.4 Å². The second-order valence-electron chi connectivity index (χ2n) is 8.09. The first-order chi connectivity index (χ1) is 14.0. The molecule has 2 aromatic rings. The van der Waals surface area contributed by atoms with Crippen LogP contribution in [0.15, 0.2) is 36.8 Å². The topological polar surface area (TPSA) is 80.2 Å². The van der Waals surface area contributed by atoms with Crippen LogP contribution in [-0.4, -0.2) is 46.0 Å². The molecule has 1 aliphatic heterocycles. The SMILES string of the molecule is COc1ncc(CN2CCC([C@@H](NC(=O)CC(C)C)c3ccccn3)CC2)cn1. The highest BCUT2D eigenvalue weighted by molar-refractivity contribution is 5.76. The maximum Gasteiger partial charge on any atom is 0.316 e. The van der Waals surface area contributed by atoms with Crippen LogP contribution in [0.3, 0.4) is 0 Å². The van der Waals surface area contributed by atoms with Crippen molar-refractivity contribution in [1.29, 1.82) is 0 Å². The molecule has 1 amide bonds. The molecule has 0 radical (unpaired) electrons. The van der Waals surface area contributed by atoms with Gasteiger partial charge in [0, 0.05) is 37.1 Å². The third-order valence-corrected chi connectivity index (χ3v) is 5.29. The van der Waals surface area contributed by atoms with Crippen molar-refractivity contribution in [2.24, 2.45) is 11.8 Å². The monoisotopic (exact) mass is 397 g/mol. The van der Waals surface area contributed by atoms with Gasteiger partial charge in [-0.3, -0.25) is 14.7 Å². The molecule has 7 heteroatoms. The van der Waals surface area contributed by atoms with Crippen molar-refractivity contribution in [3.05, 3.63) is 48.0 Å². The number of nitrogens with zero attached hydrogens (tertiary/aromatic N) is 4. The minimum absolute atomic E-state index is 0.0334. The number of piperidine rings is 1. The molecule has 0 aromatic carbocycles. The van der Waals surface area contributed by atoms with E-state index in [2.05, 4.69) is 39.0 Å². The maximum absolute atomic E-state index is 12.5. The number of aromatic nitrogens is 3. The number of hydrogen-bond acceptors (Lipinski definition) is 6. The fourth-order valence-corrected chi connectivity index (χ4v) is 3.83. The highest BCUT2D eigenvalue weighted by Crippen LogP contribution is 2.30. The summed E-state index contributed by atoms with van der Waals surface area (Å²) < 4.78 is 5.02. The van der Waals surface area contributed by atoms with Crippen molar-refractivity contribution >= 4 is 5.91 Å². The van der Waals surface area contributed by atoms with Crippen LogP contribution >= 0.6 is 0 Å². The van der Waals surface area contributed by atoms with Gasteiger partial charge in [-0.15, -0.1) is 0 Å². The Morgan fingerprint density at radius 1 is 1.21 bits per heavy atom. The summed E-state index contributed by atoms with van der Waals surface area (Å²) in [5.41, 5.74) is 2.03. The second kappa shape index (κ2) is 10.3. The zero-order chi connectivity index (χ0) is 20.6. The molecular formula is C22H31N5O2. The van der Waals surface area contributed by atoms with E-state index < -0.39 is 0 Å². The molecule has 29 heavy (non-hydrogen) atoms. The van der Waals surface area contributed by atoms with Crippen molar-refractivity contribution in [1.82, 2.24) is 25.2 Å². The molecule has 1 N–H and O–H groups in total. The van der Waals surface area contributed by atoms with E-state index in [1.165, 1.54) is 0 Å². The Kier molecular flexibility index (Phi) is 7.52. The van der Waals surface area contributed by atoms with Gasteiger partial charge in [-0.2, -0.15) is 0 Å². The Morgan fingerprint density at radius 3 is 2.52 bits per heavy atom. The van der Waals surface area contributed by atoms with Gasteiger partial charge in [0.05, 0.1) is 18.8 Å². The minimum Gasteiger partial charge on any atom is -0.467 e. The lowest BCUT2D eigenvalue weighted by Crippen LogP contribution is -2.41. The molecule has 3 heterocycles. The molecule has 1 atom stereocenters. The number of ether oxygens (including phenoxy) is 1. The first-order valence-electron chi connectivity index (χ1n) is 10.3. The number of methoxy groups -OCH3 is 1. The Morgan fingerprint density at radius 2 is 1.93 bits per heavy atom. The summed E-state index contributed by atoms with van der Waals surface area (Å²) in [6, 6.07) is 6.27. The second-order valence-corrected chi connectivity index (χ2v) is 8.09. The molecule has 156 valence electrons. The summed E-state index contributed by atoms with van der Waals surface area (Å²) in [6.45, 7) is 6.90. The van der Waals surface area contributed by atoms with E-state index in [9.17, 15) is 4.79 Å². The van der Waals surface area contributed by atoms with Gasteiger partial charge in [0.15, 0.2) is 0 Å². The van der Waals surface area contributed by atoms with Gasteiger partial charge in [-0.05, 0) is 49.9 Å². The van der Waals surface area contributed by atoms with Crippen LogP contribution in [0.25, 0.3) is 0 Å². The lowest BCUT2D eigenvalue weighted by molar-refractivity contribution is -0.123. The van der Waals surface area contributed by atoms with Crippen molar-refractivity contribution < 1.29 is 9.53 Å². The van der Waals surface area contributed by atoms with Crippen molar-refractivity contribution in [3.8, 4) is 6.01 Å². The quantitative estimate of drug-likeness (QED) is 0.738. The standard InChI is InChI=1S/C22H31N5O2/c1-16(2)12-20(28)26-21(19-6-4-5-9-23-19)18-7-10-27(11-8-18)15-17-13-24-22(29-3)25-14-17/h4-6,9,13-14,16,18,21H,7-8,10-12,15H2,1-3H3,(H,26,28)/t21-/m1/s1. The van der Waals surface area contributed by atoms with Gasteiger partial charge < -0.3 is 10.1 Å². The smallest absolute Gasteiger partial charge is 0.316 e. The van der Waals surface area contributed by atoms with E-state index >= 15 is 0 Å². The van der Waals surface area contributed by atoms with Gasteiger partial charge in [-0.25, -0.2) is 9.97 Å². The van der Waals surface area contributed by atoms with E-state index in [0.717, 1.165) is 43.7 Å². The van der Waals surface area contributed by atoms with Gasteiger partial charge in [0.2, 0.25) is 5.91 Å². The lowest BCUT2D eigenvalue weighted by Gasteiger charge is -2.36. The first-order valence-corrected chi connectivity index (χ1v) is 10.3. The molecule has 0 saturated carbocycles. The fourth-order valence-electron chi connectivity index (χ4n) is 3.83. The summed E-state index contributed by atoms with van der Waals surface area (Å²) >= 11 is 0. The normalized spacial score (nSPS) is 16.6. The van der Waals surface area contributed by atoms with E-state index in [4.69, 9.17) is 4.74 Å². The molecule has 1 aliphatic rings. The molecule has 0 bridgehead atoms. The largest absolute Gasteiger partial charge is 0.467 e. The average molecular weight is 398 g/mol. The van der Waals surface area contributed by atoms with E-state index in [1.807, 2.05) is 30.6 Å². The first kappa shape index (κ1) is 21.2. The zero-order valence-electron chi connectivity index (χ0n) is 17.5. The summed E-state index contributed by atoms with van der Waals surface area (Å²) in [5, 5.41) is 3.26. The number of carbonyl (C=O) groups is 1. The minimum atomic E-state index is -0.0334. The van der Waals surface area contributed by atoms with E-state index in [0.29, 0.717) is 24.3 Å². The van der Waals surface area contributed by atoms with Crippen LogP contribution in [0, 0.1) is 11.8 Å². The van der Waals surface area contributed by atoms with Crippen LogP contribution in [-0.2, 0) is 11.3 Å². The molecule has 3 rings (SSSR count). The Labute approximate surface area is 172 Å². The molecule has 7 nitrogen and oxygen atoms in total. The highest BCUT2D eigenvalue weighted by atomic mass is 16.5. The number of carbonyl (C=O) groups excluding carboxylic acids is 1. The number of nitrogens with one attached hydrogen (secondary N) is 1. The number of amides is 1. The molecule has 0 spiro atoms. The van der Waals surface area contributed by atoms with Gasteiger partial charge in [0.25, 0.3) is 0 Å². The molecule has 1 fully saturated rings. The van der Waals surface area contributed by atoms with Gasteiger partial charge in [0.1, 0.15) is 0 Å². The Balaban J connectivity index is 1.60. The predicted octanol–water partition coefficient (Wildman–Crippen LogP) is 3.00. The van der Waals surface area contributed by atoms with Crippen molar-refractivity contribution in [3.63, 3.8) is 0 Å². The van der Waals surface area contributed by atoms with Crippen LogP contribution in [0.2, 0.25) is 0 Å². The van der Waals surface area contributed by atoms with Crippen molar-refractivity contribution in [2.75, 3.05) is 20.2 Å². The number of likely N-dealkylation sites (tertiary alicyclic amines) is 1. The van der Waals surface area contributed by atoms with Crippen LogP contribution < -0.4 is 10.1 Å². The highest BCUT2D eigenvalue weighted by Gasteiger charge is 2.29. The summed E-state index contributed by atoms with van der Waals surface area (Å²) in [4.78, 5) is 27.8. The third kappa shape index (κ3) is 6.22. The van der Waals surface area contributed by atoms with Crippen molar-refractivity contribution in [2.45, 2.75) is 45.7 Å².